The van der Waals surface area contributed by atoms with E-state index in [0.29, 0.717) is 0 Å². The number of rotatable bonds is 2. The molecule has 1 aliphatic heterocycles. The van der Waals surface area contributed by atoms with Gasteiger partial charge in [-0.3, -0.25) is 0 Å². The average Bonchev–Trinajstić information content (AvgIpc) is 2.61. The molecule has 1 N–H and O–H groups in total. The van der Waals surface area contributed by atoms with Crippen molar-refractivity contribution in [3.8, 4) is 0 Å². The van der Waals surface area contributed by atoms with Crippen LogP contribution in [-0.2, 0) is 11.2 Å². The van der Waals surface area contributed by atoms with E-state index in [-0.39, 0.29) is 11.5 Å². The second-order valence-corrected chi connectivity index (χ2v) is 4.50. The number of hydrogen-bond acceptors (Lipinski definition) is 2. The first-order valence-electron chi connectivity index (χ1n) is 4.94. The second kappa shape index (κ2) is 3.12. The van der Waals surface area contributed by atoms with Crippen LogP contribution >= 0.6 is 0 Å². The summed E-state index contributed by atoms with van der Waals surface area (Å²) in [6, 6.07) is 8.47. The Morgan fingerprint density at radius 2 is 2.14 bits per heavy atom. The van der Waals surface area contributed by atoms with E-state index in [2.05, 4.69) is 17.4 Å². The highest BCUT2D eigenvalue weighted by Crippen LogP contribution is 2.33. The molecule has 0 saturated heterocycles. The molecular weight excluding hydrogens is 174 g/mol. The molecule has 1 aromatic rings. The highest BCUT2D eigenvalue weighted by atomic mass is 16.1. The zero-order valence-electron chi connectivity index (χ0n) is 8.58. The summed E-state index contributed by atoms with van der Waals surface area (Å²) in [7, 11) is 0. The third-order valence-electron chi connectivity index (χ3n) is 2.97. The van der Waals surface area contributed by atoms with E-state index in [1.807, 2.05) is 26.0 Å². The predicted molar refractivity (Wildman–Crippen MR) is 57.4 cm³/mol. The molecule has 0 aliphatic carbocycles. The van der Waals surface area contributed by atoms with Crippen LogP contribution in [0.4, 0.5) is 5.69 Å². The molecule has 1 heterocycles. The number of nitrogens with one attached hydrogen (secondary N) is 1. The summed E-state index contributed by atoms with van der Waals surface area (Å²) in [4.78, 5) is 10.9. The Bertz CT molecular complexity index is 332. The van der Waals surface area contributed by atoms with E-state index in [1.165, 1.54) is 11.3 Å². The van der Waals surface area contributed by atoms with E-state index < -0.39 is 0 Å². The number of fused-ring (bicyclic) bond motifs is 1. The smallest absolute Gasteiger partial charge is 0.127 e. The van der Waals surface area contributed by atoms with E-state index in [9.17, 15) is 4.79 Å². The summed E-state index contributed by atoms with van der Waals surface area (Å²) < 4.78 is 0. The van der Waals surface area contributed by atoms with Crippen molar-refractivity contribution in [2.45, 2.75) is 26.3 Å². The fourth-order valence-electron chi connectivity index (χ4n) is 1.83. The fraction of sp³-hybridized carbons (Fsp3) is 0.417. The highest BCUT2D eigenvalue weighted by molar-refractivity contribution is 5.65. The average molecular weight is 189 g/mol. The summed E-state index contributed by atoms with van der Waals surface area (Å²) in [5.41, 5.74) is 2.19. The maximum atomic E-state index is 10.9. The minimum atomic E-state index is -0.293. The summed E-state index contributed by atoms with van der Waals surface area (Å²) in [5.74, 6) is 0. The van der Waals surface area contributed by atoms with E-state index in [4.69, 9.17) is 0 Å². The Labute approximate surface area is 84.3 Å². The Morgan fingerprint density at radius 1 is 1.43 bits per heavy atom. The normalized spacial score (nSPS) is 20.0. The van der Waals surface area contributed by atoms with E-state index >= 15 is 0 Å². The van der Waals surface area contributed by atoms with Gasteiger partial charge in [0.15, 0.2) is 0 Å². The minimum absolute atomic E-state index is 0.234. The molecule has 2 nitrogen and oxygen atoms in total. The molecule has 0 spiro atoms. The summed E-state index contributed by atoms with van der Waals surface area (Å²) in [5, 5.41) is 3.39. The first-order chi connectivity index (χ1) is 6.63. The maximum absolute atomic E-state index is 10.9. The Balaban J connectivity index is 2.23. The monoisotopic (exact) mass is 189 g/mol. The summed E-state index contributed by atoms with van der Waals surface area (Å²) in [6.45, 7) is 3.95. The summed E-state index contributed by atoms with van der Waals surface area (Å²) >= 11 is 0. The van der Waals surface area contributed by atoms with Crippen LogP contribution in [0.5, 0.6) is 0 Å². The van der Waals surface area contributed by atoms with Crippen LogP contribution in [0.15, 0.2) is 24.3 Å². The van der Waals surface area contributed by atoms with Crippen molar-refractivity contribution in [2.24, 2.45) is 5.41 Å². The van der Waals surface area contributed by atoms with Crippen molar-refractivity contribution in [1.82, 2.24) is 0 Å². The van der Waals surface area contributed by atoms with Gasteiger partial charge < -0.3 is 10.1 Å². The van der Waals surface area contributed by atoms with Gasteiger partial charge in [0.2, 0.25) is 0 Å². The molecule has 14 heavy (non-hydrogen) atoms. The summed E-state index contributed by atoms with van der Waals surface area (Å²) in [6.07, 6.45) is 1.98. The van der Waals surface area contributed by atoms with Gasteiger partial charge in [0.05, 0.1) is 0 Å². The van der Waals surface area contributed by atoms with Gasteiger partial charge in [-0.25, -0.2) is 0 Å². The van der Waals surface area contributed by atoms with Crippen LogP contribution in [0.1, 0.15) is 19.4 Å². The molecule has 0 aromatic heterocycles. The van der Waals surface area contributed by atoms with Crippen molar-refractivity contribution in [2.75, 3.05) is 5.32 Å². The van der Waals surface area contributed by atoms with Crippen LogP contribution < -0.4 is 5.32 Å². The van der Waals surface area contributed by atoms with Crippen LogP contribution in [0.3, 0.4) is 0 Å². The first kappa shape index (κ1) is 9.25. The predicted octanol–water partition coefficient (Wildman–Crippen LogP) is 2.25. The lowest BCUT2D eigenvalue weighted by molar-refractivity contribution is -0.115. The lowest BCUT2D eigenvalue weighted by Crippen LogP contribution is -2.35. The Morgan fingerprint density at radius 3 is 2.79 bits per heavy atom. The first-order valence-corrected chi connectivity index (χ1v) is 4.94. The molecule has 0 amide bonds. The van der Waals surface area contributed by atoms with Gasteiger partial charge in [0.25, 0.3) is 0 Å². The van der Waals surface area contributed by atoms with Crippen LogP contribution in [-0.4, -0.2) is 12.3 Å². The number of benzene rings is 1. The third-order valence-corrected chi connectivity index (χ3v) is 2.97. The molecule has 74 valence electrons. The molecule has 1 aromatic carbocycles. The van der Waals surface area contributed by atoms with Crippen LogP contribution in [0.2, 0.25) is 0 Å². The highest BCUT2D eigenvalue weighted by Gasteiger charge is 2.33. The Hall–Kier alpha value is -1.31. The van der Waals surface area contributed by atoms with Crippen molar-refractivity contribution >= 4 is 12.0 Å². The van der Waals surface area contributed by atoms with Gasteiger partial charge >= 0.3 is 0 Å². The molecule has 1 aliphatic rings. The zero-order chi connectivity index (χ0) is 10.2. The number of anilines is 1. The Kier molecular flexibility index (Phi) is 2.06. The van der Waals surface area contributed by atoms with Crippen molar-refractivity contribution in [3.63, 3.8) is 0 Å². The van der Waals surface area contributed by atoms with E-state index in [1.54, 1.807) is 0 Å². The lowest BCUT2D eigenvalue weighted by Gasteiger charge is -2.25. The van der Waals surface area contributed by atoms with Crippen LogP contribution in [0.25, 0.3) is 0 Å². The molecule has 1 atom stereocenters. The molecule has 2 heteroatoms. The number of para-hydroxylation sites is 1. The van der Waals surface area contributed by atoms with Gasteiger partial charge in [-0.05, 0) is 18.1 Å². The lowest BCUT2D eigenvalue weighted by atomic mass is 9.84. The topological polar surface area (TPSA) is 29.1 Å². The molecule has 0 radical (unpaired) electrons. The van der Waals surface area contributed by atoms with Crippen molar-refractivity contribution in [3.05, 3.63) is 29.8 Å². The van der Waals surface area contributed by atoms with Gasteiger partial charge in [-0.1, -0.05) is 32.0 Å². The van der Waals surface area contributed by atoms with Gasteiger partial charge in [-0.2, -0.15) is 0 Å². The molecule has 0 fully saturated rings. The SMILES string of the molecule is CC(C)(C=O)C1Cc2ccccc2N1. The van der Waals surface area contributed by atoms with Crippen molar-refractivity contribution < 1.29 is 4.79 Å². The molecular formula is C12H15NO. The zero-order valence-corrected chi connectivity index (χ0v) is 8.58. The van der Waals surface area contributed by atoms with Crippen LogP contribution in [0, 0.1) is 5.41 Å². The molecule has 0 saturated carbocycles. The second-order valence-electron chi connectivity index (χ2n) is 4.50. The largest absolute Gasteiger partial charge is 0.381 e. The fourth-order valence-corrected chi connectivity index (χ4v) is 1.83. The number of carbonyl (C=O) groups excluding carboxylic acids is 1. The molecule has 2 rings (SSSR count). The van der Waals surface area contributed by atoms with Gasteiger partial charge in [0, 0.05) is 17.1 Å². The quantitative estimate of drug-likeness (QED) is 0.723. The molecule has 0 bridgehead atoms. The standard InChI is InChI=1S/C12H15NO/c1-12(2,8-14)11-7-9-5-3-4-6-10(9)13-11/h3-6,8,11,13H,7H2,1-2H3. The van der Waals surface area contributed by atoms with Crippen molar-refractivity contribution in [1.29, 1.82) is 0 Å². The molecule has 1 unspecified atom stereocenters. The third kappa shape index (κ3) is 1.41. The van der Waals surface area contributed by atoms with Gasteiger partial charge in [-0.15, -0.1) is 0 Å². The number of carbonyl (C=O) groups is 1. The minimum Gasteiger partial charge on any atom is -0.381 e. The van der Waals surface area contributed by atoms with Gasteiger partial charge in [0.1, 0.15) is 6.29 Å². The van der Waals surface area contributed by atoms with E-state index in [0.717, 1.165) is 12.7 Å². The number of aldehydes is 1. The maximum Gasteiger partial charge on any atom is 0.127 e. The number of hydrogen-bond donors (Lipinski definition) is 1.